The summed E-state index contributed by atoms with van der Waals surface area (Å²) < 4.78 is 0. The summed E-state index contributed by atoms with van der Waals surface area (Å²) in [5.74, 6) is -0.243. The van der Waals surface area contributed by atoms with E-state index in [1.165, 1.54) is 6.20 Å². The van der Waals surface area contributed by atoms with E-state index in [1.54, 1.807) is 12.1 Å². The minimum absolute atomic E-state index is 0.243. The first kappa shape index (κ1) is 13.5. The Morgan fingerprint density at radius 2 is 2.00 bits per heavy atom. The number of halogens is 1. The number of nitrogens with one attached hydrogen (secondary N) is 1. The first-order valence-electron chi connectivity index (χ1n) is 5.87. The van der Waals surface area contributed by atoms with Gasteiger partial charge in [0.1, 0.15) is 5.15 Å². The molecule has 1 heterocycles. The van der Waals surface area contributed by atoms with Gasteiger partial charge in [0.15, 0.2) is 0 Å². The molecule has 0 fully saturated rings. The number of anilines is 1. The molecule has 0 saturated heterocycles. The van der Waals surface area contributed by atoms with Gasteiger partial charge in [-0.1, -0.05) is 41.9 Å². The molecule has 0 aliphatic carbocycles. The van der Waals surface area contributed by atoms with E-state index in [1.807, 2.05) is 30.3 Å². The van der Waals surface area contributed by atoms with Gasteiger partial charge in [0.2, 0.25) is 5.91 Å². The Morgan fingerprint density at radius 3 is 2.63 bits per heavy atom. The van der Waals surface area contributed by atoms with E-state index in [-0.39, 0.29) is 5.91 Å². The molecular weight excluding hydrogens is 262 g/mol. The van der Waals surface area contributed by atoms with Gasteiger partial charge in [-0.3, -0.25) is 4.79 Å². The second-order valence-electron chi connectivity index (χ2n) is 4.16. The summed E-state index contributed by atoms with van der Waals surface area (Å²) in [6.45, 7) is 0. The molecule has 5 heteroatoms. The van der Waals surface area contributed by atoms with Crippen LogP contribution in [0.15, 0.2) is 48.7 Å². The SMILES string of the molecule is NC(Cc1ccccc1)C(=O)Nc1ccc(Cl)nc1. The first-order valence-corrected chi connectivity index (χ1v) is 6.25. The number of amides is 1. The Bertz CT molecular complexity index is 542. The van der Waals surface area contributed by atoms with Crippen molar-refractivity contribution in [3.63, 3.8) is 0 Å². The van der Waals surface area contributed by atoms with E-state index in [9.17, 15) is 4.79 Å². The van der Waals surface area contributed by atoms with Crippen LogP contribution in [0.5, 0.6) is 0 Å². The highest BCUT2D eigenvalue weighted by atomic mass is 35.5. The van der Waals surface area contributed by atoms with Gasteiger partial charge >= 0.3 is 0 Å². The topological polar surface area (TPSA) is 68.0 Å². The molecule has 1 unspecified atom stereocenters. The van der Waals surface area contributed by atoms with Gasteiger partial charge in [0.25, 0.3) is 0 Å². The first-order chi connectivity index (χ1) is 9.15. The van der Waals surface area contributed by atoms with Crippen LogP contribution in [0.1, 0.15) is 5.56 Å². The van der Waals surface area contributed by atoms with Crippen LogP contribution in [-0.4, -0.2) is 16.9 Å². The van der Waals surface area contributed by atoms with Crippen molar-refractivity contribution in [2.45, 2.75) is 12.5 Å². The lowest BCUT2D eigenvalue weighted by Gasteiger charge is -2.12. The zero-order valence-electron chi connectivity index (χ0n) is 10.2. The molecule has 2 rings (SSSR count). The van der Waals surface area contributed by atoms with Crippen molar-refractivity contribution in [3.8, 4) is 0 Å². The number of pyridine rings is 1. The number of carbonyl (C=O) groups is 1. The highest BCUT2D eigenvalue weighted by Crippen LogP contribution is 2.10. The highest BCUT2D eigenvalue weighted by molar-refractivity contribution is 6.29. The quantitative estimate of drug-likeness (QED) is 0.841. The van der Waals surface area contributed by atoms with E-state index >= 15 is 0 Å². The van der Waals surface area contributed by atoms with Gasteiger partial charge in [-0.25, -0.2) is 4.98 Å². The maximum atomic E-state index is 11.9. The number of carbonyl (C=O) groups excluding carboxylic acids is 1. The van der Waals surface area contributed by atoms with E-state index in [4.69, 9.17) is 17.3 Å². The van der Waals surface area contributed by atoms with Gasteiger partial charge in [-0.15, -0.1) is 0 Å². The fraction of sp³-hybridized carbons (Fsp3) is 0.143. The zero-order chi connectivity index (χ0) is 13.7. The van der Waals surface area contributed by atoms with Crippen LogP contribution in [0, 0.1) is 0 Å². The average molecular weight is 276 g/mol. The lowest BCUT2D eigenvalue weighted by atomic mass is 10.1. The van der Waals surface area contributed by atoms with Crippen LogP contribution in [0.4, 0.5) is 5.69 Å². The fourth-order valence-electron chi connectivity index (χ4n) is 1.65. The Morgan fingerprint density at radius 1 is 1.26 bits per heavy atom. The number of rotatable bonds is 4. The Kier molecular flexibility index (Phi) is 4.49. The Balaban J connectivity index is 1.94. The lowest BCUT2D eigenvalue weighted by molar-refractivity contribution is -0.117. The van der Waals surface area contributed by atoms with Crippen molar-refractivity contribution in [2.75, 3.05) is 5.32 Å². The van der Waals surface area contributed by atoms with Crippen LogP contribution < -0.4 is 11.1 Å². The third kappa shape index (κ3) is 4.05. The maximum Gasteiger partial charge on any atom is 0.241 e. The predicted octanol–water partition coefficient (Wildman–Crippen LogP) is 2.24. The Labute approximate surface area is 116 Å². The summed E-state index contributed by atoms with van der Waals surface area (Å²) in [6, 6.07) is 12.3. The lowest BCUT2D eigenvalue weighted by Crippen LogP contribution is -2.37. The molecule has 0 aliphatic rings. The van der Waals surface area contributed by atoms with E-state index in [0.29, 0.717) is 17.3 Å². The van der Waals surface area contributed by atoms with E-state index in [0.717, 1.165) is 5.56 Å². The molecule has 1 atom stereocenters. The molecule has 0 saturated carbocycles. The van der Waals surface area contributed by atoms with Crippen LogP contribution in [0.3, 0.4) is 0 Å². The molecule has 1 aromatic carbocycles. The van der Waals surface area contributed by atoms with E-state index in [2.05, 4.69) is 10.3 Å². The zero-order valence-corrected chi connectivity index (χ0v) is 11.0. The minimum atomic E-state index is -0.599. The van der Waals surface area contributed by atoms with Gasteiger partial charge in [-0.2, -0.15) is 0 Å². The number of aromatic nitrogens is 1. The van der Waals surface area contributed by atoms with Gasteiger partial charge in [-0.05, 0) is 24.1 Å². The summed E-state index contributed by atoms with van der Waals surface area (Å²) in [4.78, 5) is 15.8. The average Bonchev–Trinajstić information content (AvgIpc) is 2.42. The fourth-order valence-corrected chi connectivity index (χ4v) is 1.76. The van der Waals surface area contributed by atoms with Crippen molar-refractivity contribution in [3.05, 3.63) is 59.4 Å². The van der Waals surface area contributed by atoms with Crippen LogP contribution >= 0.6 is 11.6 Å². The number of hydrogen-bond acceptors (Lipinski definition) is 3. The molecule has 3 N–H and O–H groups in total. The van der Waals surface area contributed by atoms with Gasteiger partial charge < -0.3 is 11.1 Å². The molecule has 4 nitrogen and oxygen atoms in total. The van der Waals surface area contributed by atoms with E-state index < -0.39 is 6.04 Å². The summed E-state index contributed by atoms with van der Waals surface area (Å²) in [6.07, 6.45) is 1.99. The van der Waals surface area contributed by atoms with Gasteiger partial charge in [0, 0.05) is 0 Å². The summed E-state index contributed by atoms with van der Waals surface area (Å²) in [5.41, 5.74) is 7.48. The van der Waals surface area contributed by atoms with Crippen molar-refractivity contribution < 1.29 is 4.79 Å². The maximum absolute atomic E-state index is 11.9. The molecule has 1 amide bonds. The second-order valence-corrected chi connectivity index (χ2v) is 4.54. The molecule has 0 spiro atoms. The number of benzene rings is 1. The molecule has 0 radical (unpaired) electrons. The molecule has 19 heavy (non-hydrogen) atoms. The Hall–Kier alpha value is -1.91. The number of hydrogen-bond donors (Lipinski definition) is 2. The van der Waals surface area contributed by atoms with Gasteiger partial charge in [0.05, 0.1) is 17.9 Å². The molecule has 0 aliphatic heterocycles. The summed E-state index contributed by atoms with van der Waals surface area (Å²) in [5, 5.41) is 3.09. The molecule has 2 aromatic rings. The van der Waals surface area contributed by atoms with Crippen LogP contribution in [-0.2, 0) is 11.2 Å². The smallest absolute Gasteiger partial charge is 0.241 e. The van der Waals surface area contributed by atoms with Crippen LogP contribution in [0.25, 0.3) is 0 Å². The third-order valence-corrected chi connectivity index (χ3v) is 2.85. The van der Waals surface area contributed by atoms with Crippen molar-refractivity contribution in [1.82, 2.24) is 4.98 Å². The number of nitrogens with zero attached hydrogens (tertiary/aromatic N) is 1. The predicted molar refractivity (Wildman–Crippen MR) is 76.0 cm³/mol. The second kappa shape index (κ2) is 6.31. The molecule has 0 bridgehead atoms. The monoisotopic (exact) mass is 275 g/mol. The summed E-state index contributed by atoms with van der Waals surface area (Å²) >= 11 is 5.67. The van der Waals surface area contributed by atoms with Crippen molar-refractivity contribution in [1.29, 1.82) is 0 Å². The molecule has 98 valence electrons. The number of nitrogens with two attached hydrogens (primary N) is 1. The third-order valence-electron chi connectivity index (χ3n) is 2.63. The molecular formula is C14H14ClN3O. The van der Waals surface area contributed by atoms with Crippen molar-refractivity contribution in [2.24, 2.45) is 5.73 Å². The minimum Gasteiger partial charge on any atom is -0.323 e. The highest BCUT2D eigenvalue weighted by Gasteiger charge is 2.14. The van der Waals surface area contributed by atoms with Crippen LogP contribution in [0.2, 0.25) is 5.15 Å². The largest absolute Gasteiger partial charge is 0.323 e. The standard InChI is InChI=1S/C14H14ClN3O/c15-13-7-6-11(9-17-13)18-14(19)12(16)8-10-4-2-1-3-5-10/h1-7,9,12H,8,16H2,(H,18,19). The molecule has 1 aromatic heterocycles. The summed E-state index contributed by atoms with van der Waals surface area (Å²) in [7, 11) is 0. The van der Waals surface area contributed by atoms with Crippen molar-refractivity contribution >= 4 is 23.2 Å². The normalized spacial score (nSPS) is 11.9.